The Morgan fingerprint density at radius 1 is 1.00 bits per heavy atom. The summed E-state index contributed by atoms with van der Waals surface area (Å²) in [7, 11) is 0. The molecule has 0 fully saturated rings. The highest BCUT2D eigenvalue weighted by Crippen LogP contribution is 2.30. The second-order valence-electron chi connectivity index (χ2n) is 6.35. The highest BCUT2D eigenvalue weighted by molar-refractivity contribution is 4.86. The molecule has 1 atom stereocenters. The minimum absolute atomic E-state index is 0.558. The van der Waals surface area contributed by atoms with Gasteiger partial charge in [0.05, 0.1) is 0 Å². The van der Waals surface area contributed by atoms with Crippen LogP contribution in [0.4, 0.5) is 0 Å². The number of rotatable bonds is 10. The first-order valence-corrected chi connectivity index (χ1v) is 7.68. The maximum atomic E-state index is 2.43. The summed E-state index contributed by atoms with van der Waals surface area (Å²) in [6.45, 7) is 11.7. The lowest BCUT2D eigenvalue weighted by molar-refractivity contribution is 0.283. The number of allylic oxidation sites excluding steroid dienone is 2. The molecule has 102 valence electrons. The first kappa shape index (κ1) is 16.7. The molecule has 0 N–H and O–H groups in total. The molecule has 0 aromatic carbocycles. The lowest BCUT2D eigenvalue weighted by Crippen LogP contribution is -2.11. The van der Waals surface area contributed by atoms with Crippen molar-refractivity contribution in [2.45, 2.75) is 86.0 Å². The van der Waals surface area contributed by atoms with Crippen LogP contribution < -0.4 is 0 Å². The van der Waals surface area contributed by atoms with Crippen LogP contribution in [0, 0.1) is 11.3 Å². The molecule has 1 unspecified atom stereocenters. The Hall–Kier alpha value is -0.260. The normalized spacial score (nSPS) is 14.4. The molecule has 0 heterocycles. The van der Waals surface area contributed by atoms with Gasteiger partial charge in [-0.3, -0.25) is 0 Å². The summed E-state index contributed by atoms with van der Waals surface area (Å²) in [4.78, 5) is 0. The van der Waals surface area contributed by atoms with Crippen LogP contribution in [0.3, 0.4) is 0 Å². The largest absolute Gasteiger partial charge is 0.0883 e. The van der Waals surface area contributed by atoms with Crippen LogP contribution in [0.2, 0.25) is 0 Å². The Balaban J connectivity index is 3.67. The fourth-order valence-electron chi connectivity index (χ4n) is 2.27. The Labute approximate surface area is 110 Å². The minimum Gasteiger partial charge on any atom is -0.0883 e. The van der Waals surface area contributed by atoms with Crippen LogP contribution in [0.5, 0.6) is 0 Å². The van der Waals surface area contributed by atoms with E-state index in [1.165, 1.54) is 51.4 Å². The van der Waals surface area contributed by atoms with Gasteiger partial charge in [0.25, 0.3) is 0 Å². The zero-order valence-electron chi connectivity index (χ0n) is 12.9. The summed E-state index contributed by atoms with van der Waals surface area (Å²) in [6, 6.07) is 0. The van der Waals surface area contributed by atoms with Crippen molar-refractivity contribution in [2.24, 2.45) is 11.3 Å². The highest BCUT2D eigenvalue weighted by Gasteiger charge is 2.16. The average molecular weight is 238 g/mol. The molecule has 0 aliphatic rings. The third-order valence-corrected chi connectivity index (χ3v) is 3.64. The molecule has 0 aliphatic heterocycles. The van der Waals surface area contributed by atoms with Crippen molar-refractivity contribution in [1.82, 2.24) is 0 Å². The molecular formula is C17H34. The van der Waals surface area contributed by atoms with E-state index in [9.17, 15) is 0 Å². The quantitative estimate of drug-likeness (QED) is 0.388. The van der Waals surface area contributed by atoms with Crippen molar-refractivity contribution in [3.8, 4) is 0 Å². The van der Waals surface area contributed by atoms with Gasteiger partial charge in [-0.1, -0.05) is 72.5 Å². The summed E-state index contributed by atoms with van der Waals surface area (Å²) < 4.78 is 0. The maximum Gasteiger partial charge on any atom is -0.0262 e. The van der Waals surface area contributed by atoms with Crippen molar-refractivity contribution in [3.63, 3.8) is 0 Å². The molecule has 0 aliphatic carbocycles. The molecule has 0 spiro atoms. The second kappa shape index (κ2) is 9.74. The third-order valence-electron chi connectivity index (χ3n) is 3.64. The van der Waals surface area contributed by atoms with Crippen molar-refractivity contribution in [2.75, 3.05) is 0 Å². The first-order valence-electron chi connectivity index (χ1n) is 7.68. The standard InChI is InChI=1S/C17H34/c1-6-8-10-12-16(3)13-11-15-17(4,5)14-9-7-2/h10,12,16H,6-9,11,13-15H2,1-5H3. The van der Waals surface area contributed by atoms with Crippen LogP contribution in [0.15, 0.2) is 12.2 Å². The van der Waals surface area contributed by atoms with Crippen LogP contribution in [0.25, 0.3) is 0 Å². The van der Waals surface area contributed by atoms with Gasteiger partial charge in [-0.05, 0) is 37.0 Å². The fourth-order valence-corrected chi connectivity index (χ4v) is 2.27. The molecule has 0 heteroatoms. The van der Waals surface area contributed by atoms with Crippen molar-refractivity contribution >= 4 is 0 Å². The Bertz CT molecular complexity index is 188. The van der Waals surface area contributed by atoms with Crippen molar-refractivity contribution in [1.29, 1.82) is 0 Å². The molecular weight excluding hydrogens is 204 g/mol. The van der Waals surface area contributed by atoms with Gasteiger partial charge in [0.2, 0.25) is 0 Å². The number of hydrogen-bond donors (Lipinski definition) is 0. The van der Waals surface area contributed by atoms with Gasteiger partial charge >= 0.3 is 0 Å². The number of hydrogen-bond acceptors (Lipinski definition) is 0. The first-order chi connectivity index (χ1) is 8.02. The lowest BCUT2D eigenvalue weighted by atomic mass is 9.81. The van der Waals surface area contributed by atoms with Crippen molar-refractivity contribution < 1.29 is 0 Å². The molecule has 0 nitrogen and oxygen atoms in total. The topological polar surface area (TPSA) is 0 Å². The molecule has 0 aromatic heterocycles. The molecule has 0 saturated carbocycles. The van der Waals surface area contributed by atoms with E-state index in [1.54, 1.807) is 0 Å². The van der Waals surface area contributed by atoms with Crippen molar-refractivity contribution in [3.05, 3.63) is 12.2 Å². The Kier molecular flexibility index (Phi) is 9.59. The van der Waals surface area contributed by atoms with E-state index in [0.29, 0.717) is 5.41 Å². The molecule has 0 amide bonds. The van der Waals surface area contributed by atoms with Gasteiger partial charge < -0.3 is 0 Å². The van der Waals surface area contributed by atoms with Crippen LogP contribution in [0.1, 0.15) is 86.0 Å². The van der Waals surface area contributed by atoms with Gasteiger partial charge in [-0.2, -0.15) is 0 Å². The highest BCUT2D eigenvalue weighted by atomic mass is 14.2. The van der Waals surface area contributed by atoms with Crippen LogP contribution in [-0.4, -0.2) is 0 Å². The van der Waals surface area contributed by atoms with E-state index in [-0.39, 0.29) is 0 Å². The fraction of sp³-hybridized carbons (Fsp3) is 0.882. The van der Waals surface area contributed by atoms with Gasteiger partial charge in [-0.25, -0.2) is 0 Å². The SMILES string of the molecule is CCCC=CC(C)CCCC(C)(C)CCCC. The maximum absolute atomic E-state index is 2.43. The summed E-state index contributed by atoms with van der Waals surface area (Å²) in [5.41, 5.74) is 0.558. The average Bonchev–Trinajstić information content (AvgIpc) is 2.26. The summed E-state index contributed by atoms with van der Waals surface area (Å²) in [5.74, 6) is 0.767. The second-order valence-corrected chi connectivity index (χ2v) is 6.35. The zero-order chi connectivity index (χ0) is 13.1. The minimum atomic E-state index is 0.558. The van der Waals surface area contributed by atoms with E-state index in [2.05, 4.69) is 46.8 Å². The van der Waals surface area contributed by atoms with E-state index < -0.39 is 0 Å². The molecule has 17 heavy (non-hydrogen) atoms. The predicted molar refractivity (Wildman–Crippen MR) is 80.4 cm³/mol. The van der Waals surface area contributed by atoms with E-state index in [0.717, 1.165) is 5.92 Å². The molecule has 0 aromatic rings. The van der Waals surface area contributed by atoms with Gasteiger partial charge in [0.15, 0.2) is 0 Å². The Morgan fingerprint density at radius 3 is 2.24 bits per heavy atom. The summed E-state index contributed by atoms with van der Waals surface area (Å²) >= 11 is 0. The van der Waals surface area contributed by atoms with Crippen LogP contribution >= 0.6 is 0 Å². The third kappa shape index (κ3) is 10.6. The Morgan fingerprint density at radius 2 is 1.65 bits per heavy atom. The van der Waals surface area contributed by atoms with E-state index in [4.69, 9.17) is 0 Å². The van der Waals surface area contributed by atoms with E-state index >= 15 is 0 Å². The van der Waals surface area contributed by atoms with Crippen LogP contribution in [-0.2, 0) is 0 Å². The lowest BCUT2D eigenvalue weighted by Gasteiger charge is -2.24. The summed E-state index contributed by atoms with van der Waals surface area (Å²) in [5, 5.41) is 0. The molecule has 0 bridgehead atoms. The molecule has 0 radical (unpaired) electrons. The number of unbranched alkanes of at least 4 members (excludes halogenated alkanes) is 2. The monoisotopic (exact) mass is 238 g/mol. The van der Waals surface area contributed by atoms with Gasteiger partial charge in [0.1, 0.15) is 0 Å². The van der Waals surface area contributed by atoms with Gasteiger partial charge in [-0.15, -0.1) is 0 Å². The predicted octanol–water partition coefficient (Wildman–Crippen LogP) is 6.37. The summed E-state index contributed by atoms with van der Waals surface area (Å²) in [6.07, 6.45) is 15.5. The molecule has 0 saturated heterocycles. The smallest absolute Gasteiger partial charge is 0.0262 e. The van der Waals surface area contributed by atoms with Gasteiger partial charge in [0, 0.05) is 0 Å². The zero-order valence-corrected chi connectivity index (χ0v) is 12.9. The van der Waals surface area contributed by atoms with E-state index in [1.807, 2.05) is 0 Å². The molecule has 0 rings (SSSR count).